The highest BCUT2D eigenvalue weighted by Crippen LogP contribution is 2.22. The van der Waals surface area contributed by atoms with Crippen LogP contribution in [0.15, 0.2) is 60.0 Å². The SMILES string of the molecule is COc1ccc2cc(/C=C/C(=O)OCC(=O)N[C@@H](C)c3cccs3)ccc2c1. The van der Waals surface area contributed by atoms with E-state index in [2.05, 4.69) is 5.32 Å². The van der Waals surface area contributed by atoms with Gasteiger partial charge in [0.1, 0.15) is 5.75 Å². The molecule has 0 radical (unpaired) electrons. The van der Waals surface area contributed by atoms with Crippen LogP contribution in [0.25, 0.3) is 16.8 Å². The van der Waals surface area contributed by atoms with Crippen molar-refractivity contribution in [2.24, 2.45) is 0 Å². The first-order chi connectivity index (χ1) is 13.5. The Bertz CT molecular complexity index is 995. The highest BCUT2D eigenvalue weighted by molar-refractivity contribution is 7.10. The van der Waals surface area contributed by atoms with Crippen LogP contribution in [0.3, 0.4) is 0 Å². The summed E-state index contributed by atoms with van der Waals surface area (Å²) < 4.78 is 10.2. The van der Waals surface area contributed by atoms with Crippen LogP contribution in [0, 0.1) is 0 Å². The molecule has 0 fully saturated rings. The Morgan fingerprint density at radius 3 is 2.68 bits per heavy atom. The molecule has 28 heavy (non-hydrogen) atoms. The van der Waals surface area contributed by atoms with Crippen molar-refractivity contribution in [2.45, 2.75) is 13.0 Å². The first-order valence-electron chi connectivity index (χ1n) is 8.80. The standard InChI is InChI=1S/C22H21NO4S/c1-15(20-4-3-11-28-20)23-21(24)14-27-22(25)10-6-16-5-7-18-13-19(26-2)9-8-17(18)12-16/h3-13,15H,14H2,1-2H3,(H,23,24)/b10-6+/t15-/m0/s1. The molecule has 0 saturated carbocycles. The maximum atomic E-state index is 11.9. The van der Waals surface area contributed by atoms with Crippen LogP contribution in [-0.2, 0) is 14.3 Å². The molecule has 5 nitrogen and oxygen atoms in total. The van der Waals surface area contributed by atoms with E-state index in [4.69, 9.17) is 9.47 Å². The maximum Gasteiger partial charge on any atom is 0.331 e. The number of thiophene rings is 1. The van der Waals surface area contributed by atoms with Crippen LogP contribution in [0.1, 0.15) is 23.4 Å². The number of hydrogen-bond donors (Lipinski definition) is 1. The predicted octanol–water partition coefficient (Wildman–Crippen LogP) is 4.34. The Balaban J connectivity index is 1.52. The normalized spacial score (nSPS) is 12.1. The number of rotatable bonds is 7. The average Bonchev–Trinajstić information content (AvgIpc) is 3.25. The predicted molar refractivity (Wildman–Crippen MR) is 111 cm³/mol. The first kappa shape index (κ1) is 19.6. The minimum absolute atomic E-state index is 0.113. The number of benzene rings is 2. The van der Waals surface area contributed by atoms with Gasteiger partial charge in [0, 0.05) is 11.0 Å². The van der Waals surface area contributed by atoms with Crippen molar-refractivity contribution in [3.8, 4) is 5.75 Å². The number of amides is 1. The molecule has 144 valence electrons. The largest absolute Gasteiger partial charge is 0.497 e. The Morgan fingerprint density at radius 1 is 1.14 bits per heavy atom. The quantitative estimate of drug-likeness (QED) is 0.477. The van der Waals surface area contributed by atoms with Crippen molar-refractivity contribution >= 4 is 40.1 Å². The number of fused-ring (bicyclic) bond motifs is 1. The molecule has 1 atom stereocenters. The minimum atomic E-state index is -0.561. The number of ether oxygens (including phenoxy) is 2. The molecule has 1 aromatic heterocycles. The lowest BCUT2D eigenvalue weighted by atomic mass is 10.1. The molecule has 2 aromatic carbocycles. The lowest BCUT2D eigenvalue weighted by Crippen LogP contribution is -2.30. The molecule has 1 N–H and O–H groups in total. The monoisotopic (exact) mass is 395 g/mol. The third kappa shape index (κ3) is 5.20. The highest BCUT2D eigenvalue weighted by atomic mass is 32.1. The molecule has 0 saturated heterocycles. The van der Waals surface area contributed by atoms with Gasteiger partial charge >= 0.3 is 5.97 Å². The van der Waals surface area contributed by atoms with Crippen molar-refractivity contribution in [3.05, 3.63) is 70.4 Å². The highest BCUT2D eigenvalue weighted by Gasteiger charge is 2.11. The van der Waals surface area contributed by atoms with Crippen molar-refractivity contribution in [2.75, 3.05) is 13.7 Å². The number of hydrogen-bond acceptors (Lipinski definition) is 5. The number of methoxy groups -OCH3 is 1. The molecule has 0 aliphatic rings. The Kier molecular flexibility index (Phi) is 6.45. The smallest absolute Gasteiger partial charge is 0.331 e. The molecular formula is C22H21NO4S. The zero-order valence-electron chi connectivity index (χ0n) is 15.7. The Morgan fingerprint density at radius 2 is 1.93 bits per heavy atom. The lowest BCUT2D eigenvalue weighted by Gasteiger charge is -2.11. The van der Waals surface area contributed by atoms with E-state index in [0.717, 1.165) is 27.0 Å². The van der Waals surface area contributed by atoms with Crippen LogP contribution in [0.5, 0.6) is 5.75 Å². The van der Waals surface area contributed by atoms with E-state index >= 15 is 0 Å². The summed E-state index contributed by atoms with van der Waals surface area (Å²) in [5, 5.41) is 6.84. The average molecular weight is 395 g/mol. The summed E-state index contributed by atoms with van der Waals surface area (Å²) in [6.07, 6.45) is 2.98. The van der Waals surface area contributed by atoms with Crippen LogP contribution in [0.4, 0.5) is 0 Å². The maximum absolute atomic E-state index is 11.9. The summed E-state index contributed by atoms with van der Waals surface area (Å²) >= 11 is 1.57. The van der Waals surface area contributed by atoms with E-state index in [1.807, 2.05) is 60.8 Å². The van der Waals surface area contributed by atoms with Crippen molar-refractivity contribution in [3.63, 3.8) is 0 Å². The summed E-state index contributed by atoms with van der Waals surface area (Å²) in [5.74, 6) is -0.0953. The fourth-order valence-electron chi connectivity index (χ4n) is 2.71. The van der Waals surface area contributed by atoms with Crippen LogP contribution in [0.2, 0.25) is 0 Å². The third-order valence-electron chi connectivity index (χ3n) is 4.18. The van der Waals surface area contributed by atoms with Gasteiger partial charge in [0.2, 0.25) is 0 Å². The fourth-order valence-corrected chi connectivity index (χ4v) is 3.45. The molecule has 1 amide bonds. The second-order valence-corrected chi connectivity index (χ2v) is 7.20. The molecule has 0 spiro atoms. The van der Waals surface area contributed by atoms with Crippen molar-refractivity contribution < 1.29 is 19.1 Å². The van der Waals surface area contributed by atoms with E-state index in [1.165, 1.54) is 6.08 Å². The van der Waals surface area contributed by atoms with Crippen LogP contribution >= 0.6 is 11.3 Å². The molecule has 0 aliphatic carbocycles. The number of esters is 1. The minimum Gasteiger partial charge on any atom is -0.497 e. The van der Waals surface area contributed by atoms with Gasteiger partial charge in [-0.05, 0) is 59.0 Å². The number of carbonyl (C=O) groups excluding carboxylic acids is 2. The molecule has 6 heteroatoms. The summed E-state index contributed by atoms with van der Waals surface area (Å²) in [4.78, 5) is 24.8. The molecule has 0 bridgehead atoms. The van der Waals surface area contributed by atoms with Gasteiger partial charge < -0.3 is 14.8 Å². The molecule has 0 unspecified atom stereocenters. The second kappa shape index (κ2) is 9.19. The first-order valence-corrected chi connectivity index (χ1v) is 9.68. The summed E-state index contributed by atoms with van der Waals surface area (Å²) in [7, 11) is 1.63. The fraction of sp³-hybridized carbons (Fsp3) is 0.182. The van der Waals surface area contributed by atoms with Gasteiger partial charge in [-0.2, -0.15) is 0 Å². The van der Waals surface area contributed by atoms with E-state index in [0.29, 0.717) is 0 Å². The van der Waals surface area contributed by atoms with Gasteiger partial charge in [-0.1, -0.05) is 24.3 Å². The van der Waals surface area contributed by atoms with Crippen molar-refractivity contribution in [1.82, 2.24) is 5.32 Å². The van der Waals surface area contributed by atoms with Gasteiger partial charge in [-0.3, -0.25) is 4.79 Å². The number of nitrogens with one attached hydrogen (secondary N) is 1. The van der Waals surface area contributed by atoms with Gasteiger partial charge in [0.25, 0.3) is 5.91 Å². The topological polar surface area (TPSA) is 64.6 Å². The van der Waals surface area contributed by atoms with E-state index in [9.17, 15) is 9.59 Å². The molecule has 1 heterocycles. The zero-order valence-corrected chi connectivity index (χ0v) is 16.5. The molecule has 3 aromatic rings. The summed E-state index contributed by atoms with van der Waals surface area (Å²) in [5.41, 5.74) is 0.866. The van der Waals surface area contributed by atoms with Crippen LogP contribution in [-0.4, -0.2) is 25.6 Å². The summed E-state index contributed by atoms with van der Waals surface area (Å²) in [6, 6.07) is 15.4. The number of carbonyl (C=O) groups is 2. The van der Waals surface area contributed by atoms with E-state index in [-0.39, 0.29) is 18.6 Å². The Hall–Kier alpha value is -3.12. The molecular weight excluding hydrogens is 374 g/mol. The summed E-state index contributed by atoms with van der Waals surface area (Å²) in [6.45, 7) is 1.58. The lowest BCUT2D eigenvalue weighted by molar-refractivity contribution is -0.144. The zero-order chi connectivity index (χ0) is 19.9. The van der Waals surface area contributed by atoms with Crippen molar-refractivity contribution in [1.29, 1.82) is 0 Å². The van der Waals surface area contributed by atoms with Crippen LogP contribution < -0.4 is 10.1 Å². The van der Waals surface area contributed by atoms with Gasteiger partial charge in [-0.25, -0.2) is 4.79 Å². The third-order valence-corrected chi connectivity index (χ3v) is 5.23. The van der Waals surface area contributed by atoms with Gasteiger partial charge in [0.15, 0.2) is 6.61 Å². The van der Waals surface area contributed by atoms with Gasteiger partial charge in [0.05, 0.1) is 13.2 Å². The second-order valence-electron chi connectivity index (χ2n) is 6.22. The van der Waals surface area contributed by atoms with Gasteiger partial charge in [-0.15, -0.1) is 11.3 Å². The van der Waals surface area contributed by atoms with E-state index in [1.54, 1.807) is 24.5 Å². The van der Waals surface area contributed by atoms with E-state index < -0.39 is 5.97 Å². The molecule has 0 aliphatic heterocycles. The Labute approximate surface area is 167 Å². The molecule has 3 rings (SSSR count).